The molecule has 5 unspecified atom stereocenters. The Labute approximate surface area is 642 Å². The Morgan fingerprint density at radius 2 is 0.538 bits per heavy atom. The number of carbonyl (C=O) groups is 4. The Morgan fingerprint density at radius 1 is 0.283 bits per heavy atom. The summed E-state index contributed by atoms with van der Waals surface area (Å²) in [5.74, 6) is -2.41. The molecule has 5 atom stereocenters. The highest BCUT2D eigenvalue weighted by molar-refractivity contribution is 7.47. The van der Waals surface area contributed by atoms with E-state index < -0.39 is 97.5 Å². The number of aliphatic hydroxyl groups is 1. The molecule has 0 saturated carbocycles. The number of phosphoric acid groups is 2. The molecule has 0 fully saturated rings. The van der Waals surface area contributed by atoms with Crippen LogP contribution in [-0.4, -0.2) is 96.7 Å². The van der Waals surface area contributed by atoms with Crippen LogP contribution in [0.1, 0.15) is 297 Å². The zero-order chi connectivity index (χ0) is 77.4. The number of carbonyl (C=O) groups excluding carboxylic acids is 4. The van der Waals surface area contributed by atoms with E-state index in [-0.39, 0.29) is 25.7 Å². The second-order valence-electron chi connectivity index (χ2n) is 26.2. The maximum atomic E-state index is 13.1. The van der Waals surface area contributed by atoms with Gasteiger partial charge < -0.3 is 33.8 Å². The van der Waals surface area contributed by atoms with E-state index in [9.17, 15) is 43.2 Å². The van der Waals surface area contributed by atoms with Crippen molar-refractivity contribution >= 4 is 39.5 Å². The molecule has 0 bridgehead atoms. The smallest absolute Gasteiger partial charge is 0.462 e. The van der Waals surface area contributed by atoms with Crippen molar-refractivity contribution in [3.63, 3.8) is 0 Å². The van der Waals surface area contributed by atoms with E-state index in [1.165, 1.54) is 64.2 Å². The van der Waals surface area contributed by atoms with Crippen LogP contribution in [0.15, 0.2) is 170 Å². The summed E-state index contributed by atoms with van der Waals surface area (Å²) in [5.41, 5.74) is 0. The van der Waals surface area contributed by atoms with E-state index in [0.29, 0.717) is 32.1 Å². The van der Waals surface area contributed by atoms with Crippen molar-refractivity contribution < 1.29 is 80.2 Å². The Morgan fingerprint density at radius 3 is 0.877 bits per heavy atom. The topological polar surface area (TPSA) is 237 Å². The number of hydrogen-bond acceptors (Lipinski definition) is 15. The molecule has 0 saturated heterocycles. The highest BCUT2D eigenvalue weighted by Crippen LogP contribution is 2.45. The van der Waals surface area contributed by atoms with Crippen LogP contribution in [0.2, 0.25) is 0 Å². The highest BCUT2D eigenvalue weighted by Gasteiger charge is 2.30. The first kappa shape index (κ1) is 100. The van der Waals surface area contributed by atoms with Crippen molar-refractivity contribution in [2.24, 2.45) is 0 Å². The number of allylic oxidation sites excluding steroid dienone is 27. The Kier molecular flexibility index (Phi) is 73.5. The third-order valence-electron chi connectivity index (χ3n) is 16.2. The fourth-order valence-corrected chi connectivity index (χ4v) is 11.8. The number of phosphoric ester groups is 2. The quantitative estimate of drug-likeness (QED) is 0.0169. The molecule has 17 nitrogen and oxygen atoms in total. The molecule has 602 valence electrons. The molecular weight excluding hydrogens is 1380 g/mol. The van der Waals surface area contributed by atoms with Gasteiger partial charge in [0.25, 0.3) is 0 Å². The SMILES string of the molecule is CC/C=C\C/C=C\C/C=C\C/C=C\C/C=C\CCCC(=O)OC(COC(=O)CCCCCCCC/C=C\C/C=C\C/C=C\C/C=C\CC)COP(=O)(O)OCC(O)COP(=O)(O)OCC(COC(=O)C/C=C\C/C=C\C/C=C\C/C=C\C/C=C\CC)OC(=O)CCCCCCCCCCCCCCCCC. The Balaban J connectivity index is 5.50. The van der Waals surface area contributed by atoms with Gasteiger partial charge in [0.2, 0.25) is 0 Å². The number of unbranched alkanes of at least 4 members (excludes halogenated alkanes) is 21. The van der Waals surface area contributed by atoms with E-state index in [1.807, 2.05) is 30.4 Å². The lowest BCUT2D eigenvalue weighted by molar-refractivity contribution is -0.161. The van der Waals surface area contributed by atoms with Gasteiger partial charge in [0.05, 0.1) is 32.8 Å². The lowest BCUT2D eigenvalue weighted by Crippen LogP contribution is -2.30. The molecule has 3 N–H and O–H groups in total. The molecule has 106 heavy (non-hydrogen) atoms. The van der Waals surface area contributed by atoms with Gasteiger partial charge in [-0.25, -0.2) is 9.13 Å². The summed E-state index contributed by atoms with van der Waals surface area (Å²) in [5, 5.41) is 10.6. The standard InChI is InChI=1S/C87H142O17P2/c1-5-9-13-17-21-25-29-33-37-39-40-42-45-48-52-56-60-64-68-72-85(90)98-78-83(104-87(92)74-70-66-62-58-54-50-46-41-38-34-30-26-22-18-14-10-6-2)80-102-106(95,96)100-76-81(88)75-99-105(93,94)101-79-82(103-86(91)73-69-65-61-57-53-49-44-36-32-28-24-20-16-12-8-4)77-97-84(89)71-67-63-59-55-51-47-43-35-31-27-23-19-15-11-7-3/h9-11,13-15,21-23,25-27,33-35,37-38,40,42-43,46,50-51,55,58,62-63,67,81-83,88H,5-8,12,16-20,24,28-32,36,39,41,44-45,47-49,52-54,56-57,59-61,64-66,68-80H2,1-4H3,(H,93,94)(H,95,96)/b13-9-,14-10-,15-11-,25-21-,26-22-,27-23-,37-33-,38-34-,42-40-,43-35-,50-46-,55-51-,62-58-,67-63-. The van der Waals surface area contributed by atoms with Crippen LogP contribution in [0.25, 0.3) is 0 Å². The maximum absolute atomic E-state index is 13.1. The number of hydrogen-bond donors (Lipinski definition) is 3. The van der Waals surface area contributed by atoms with Crippen LogP contribution in [0.5, 0.6) is 0 Å². The van der Waals surface area contributed by atoms with Crippen LogP contribution < -0.4 is 0 Å². The first-order chi connectivity index (χ1) is 51.7. The summed E-state index contributed by atoms with van der Waals surface area (Å²) in [6.07, 6.45) is 92.3. The summed E-state index contributed by atoms with van der Waals surface area (Å²) < 4.78 is 68.5. The first-order valence-electron chi connectivity index (χ1n) is 40.4. The summed E-state index contributed by atoms with van der Waals surface area (Å²) in [6.45, 7) is 4.34. The van der Waals surface area contributed by atoms with E-state index in [0.717, 1.165) is 148 Å². The van der Waals surface area contributed by atoms with Gasteiger partial charge in [-0.15, -0.1) is 0 Å². The predicted octanol–water partition coefficient (Wildman–Crippen LogP) is 23.8. The highest BCUT2D eigenvalue weighted by atomic mass is 31.2. The van der Waals surface area contributed by atoms with Gasteiger partial charge >= 0.3 is 39.5 Å². The fourth-order valence-electron chi connectivity index (χ4n) is 10.2. The molecule has 0 aliphatic heterocycles. The van der Waals surface area contributed by atoms with Gasteiger partial charge in [0, 0.05) is 19.3 Å². The van der Waals surface area contributed by atoms with Crippen molar-refractivity contribution in [2.45, 2.75) is 316 Å². The van der Waals surface area contributed by atoms with Crippen LogP contribution >= 0.6 is 15.6 Å². The van der Waals surface area contributed by atoms with Crippen molar-refractivity contribution in [3.8, 4) is 0 Å². The van der Waals surface area contributed by atoms with Gasteiger partial charge in [-0.2, -0.15) is 0 Å². The molecule has 0 spiro atoms. The Bertz CT molecular complexity index is 2680. The minimum absolute atomic E-state index is 0.00534. The average molecular weight is 1520 g/mol. The lowest BCUT2D eigenvalue weighted by atomic mass is 10.0. The van der Waals surface area contributed by atoms with Crippen LogP contribution in [-0.2, 0) is 65.4 Å². The second kappa shape index (κ2) is 77.6. The van der Waals surface area contributed by atoms with Crippen LogP contribution in [0.4, 0.5) is 0 Å². The minimum Gasteiger partial charge on any atom is -0.462 e. The van der Waals surface area contributed by atoms with Gasteiger partial charge in [-0.3, -0.25) is 37.3 Å². The molecule has 19 heteroatoms. The monoisotopic (exact) mass is 1520 g/mol. The molecule has 0 amide bonds. The average Bonchev–Trinajstić information content (AvgIpc) is 0.907. The van der Waals surface area contributed by atoms with E-state index in [2.05, 4.69) is 161 Å². The normalized spacial score (nSPS) is 14.7. The van der Waals surface area contributed by atoms with E-state index in [1.54, 1.807) is 6.08 Å². The number of ether oxygens (including phenoxy) is 4. The zero-order valence-electron chi connectivity index (χ0n) is 65.8. The van der Waals surface area contributed by atoms with Crippen LogP contribution in [0.3, 0.4) is 0 Å². The number of esters is 4. The predicted molar refractivity (Wildman–Crippen MR) is 436 cm³/mol. The summed E-state index contributed by atoms with van der Waals surface area (Å²) in [7, 11) is -10.0. The molecule has 0 heterocycles. The van der Waals surface area contributed by atoms with Gasteiger partial charge in [0.15, 0.2) is 12.2 Å². The molecular formula is C87H142O17P2. The third-order valence-corrected chi connectivity index (χ3v) is 18.1. The lowest BCUT2D eigenvalue weighted by Gasteiger charge is -2.21. The molecule has 0 aromatic heterocycles. The molecule has 0 aliphatic carbocycles. The third kappa shape index (κ3) is 76.6. The largest absolute Gasteiger partial charge is 0.472 e. The fraction of sp³-hybridized carbons (Fsp3) is 0.632. The molecule has 0 aromatic rings. The van der Waals surface area contributed by atoms with Crippen molar-refractivity contribution in [3.05, 3.63) is 170 Å². The number of rotatable bonds is 74. The van der Waals surface area contributed by atoms with E-state index in [4.69, 9.17) is 37.0 Å². The summed E-state index contributed by atoms with van der Waals surface area (Å²) >= 11 is 0. The van der Waals surface area contributed by atoms with Gasteiger partial charge in [-0.05, 0) is 128 Å². The van der Waals surface area contributed by atoms with E-state index >= 15 is 0 Å². The molecule has 0 rings (SSSR count). The number of aliphatic hydroxyl groups excluding tert-OH is 1. The van der Waals surface area contributed by atoms with Gasteiger partial charge in [-0.1, -0.05) is 313 Å². The van der Waals surface area contributed by atoms with Crippen molar-refractivity contribution in [1.29, 1.82) is 0 Å². The summed E-state index contributed by atoms with van der Waals surface area (Å²) in [6, 6.07) is 0. The molecule has 0 aliphatic rings. The van der Waals surface area contributed by atoms with Crippen LogP contribution in [0, 0.1) is 0 Å². The molecule has 0 aromatic carbocycles. The Hall–Kier alpha value is -5.58. The maximum Gasteiger partial charge on any atom is 0.472 e. The van der Waals surface area contributed by atoms with Crippen molar-refractivity contribution in [2.75, 3.05) is 39.6 Å². The minimum atomic E-state index is -5.01. The first-order valence-corrected chi connectivity index (χ1v) is 43.4. The second-order valence-corrected chi connectivity index (χ2v) is 29.1. The van der Waals surface area contributed by atoms with Crippen molar-refractivity contribution in [1.82, 2.24) is 0 Å². The molecule has 0 radical (unpaired) electrons. The zero-order valence-corrected chi connectivity index (χ0v) is 67.6. The van der Waals surface area contributed by atoms with Gasteiger partial charge in [0.1, 0.15) is 19.3 Å². The summed E-state index contributed by atoms with van der Waals surface area (Å²) in [4.78, 5) is 73.0.